The van der Waals surface area contributed by atoms with Crippen LogP contribution in [0.15, 0.2) is 47.4 Å². The summed E-state index contributed by atoms with van der Waals surface area (Å²) in [5, 5.41) is 5.04. The average Bonchev–Trinajstić information content (AvgIpc) is 2.62. The molecule has 2 rings (SSSR count). The number of hydrogen-bond acceptors (Lipinski definition) is 5. The lowest BCUT2D eigenvalue weighted by Crippen LogP contribution is -2.27. The number of benzene rings is 2. The number of carbonyl (C=O) groups excluding carboxylic acids is 2. The molecule has 2 aromatic carbocycles. The van der Waals surface area contributed by atoms with E-state index in [1.54, 1.807) is 20.8 Å². The predicted octanol–water partition coefficient (Wildman–Crippen LogP) is 5.30. The van der Waals surface area contributed by atoms with Crippen LogP contribution in [0.4, 0.5) is 20.6 Å². The largest absolute Gasteiger partial charge is 0.494 e. The van der Waals surface area contributed by atoms with Gasteiger partial charge in [0.1, 0.15) is 17.2 Å². The third kappa shape index (κ3) is 8.03. The zero-order valence-electron chi connectivity index (χ0n) is 16.9. The maximum absolute atomic E-state index is 14.0. The first kappa shape index (κ1) is 22.5. The first-order valence-corrected chi connectivity index (χ1v) is 10.1. The second-order valence-electron chi connectivity index (χ2n) is 7.06. The van der Waals surface area contributed by atoms with Crippen LogP contribution in [-0.4, -0.2) is 30.0 Å². The highest BCUT2D eigenvalue weighted by molar-refractivity contribution is 8.00. The van der Waals surface area contributed by atoms with Crippen molar-refractivity contribution in [3.05, 3.63) is 48.3 Å². The van der Waals surface area contributed by atoms with Crippen molar-refractivity contribution in [1.82, 2.24) is 0 Å². The van der Waals surface area contributed by atoms with Gasteiger partial charge in [0.15, 0.2) is 0 Å². The lowest BCUT2D eigenvalue weighted by atomic mass is 10.2. The number of halogens is 1. The van der Waals surface area contributed by atoms with Gasteiger partial charge in [0.25, 0.3) is 0 Å². The highest BCUT2D eigenvalue weighted by Crippen LogP contribution is 2.23. The summed E-state index contributed by atoms with van der Waals surface area (Å²) in [7, 11) is 0. The van der Waals surface area contributed by atoms with Crippen LogP contribution in [0.3, 0.4) is 0 Å². The van der Waals surface area contributed by atoms with E-state index in [0.717, 1.165) is 10.6 Å². The summed E-state index contributed by atoms with van der Waals surface area (Å²) in [5.74, 6) is 0.0779. The van der Waals surface area contributed by atoms with Gasteiger partial charge in [-0.05, 0) is 70.2 Å². The quantitative estimate of drug-likeness (QED) is 0.594. The van der Waals surface area contributed by atoms with Gasteiger partial charge in [-0.1, -0.05) is 0 Å². The molecule has 0 aromatic heterocycles. The Kier molecular flexibility index (Phi) is 7.90. The standard InChI is InChI=1S/C21H25FN2O4S/c1-5-27-15-7-9-16(10-8-15)29-13-19(25)23-14-6-11-17(22)18(12-14)24-20(26)28-21(2,3)4/h6-12H,5,13H2,1-4H3,(H,23,25)(H,24,26). The molecule has 2 N–H and O–H groups in total. The van der Waals surface area contributed by atoms with Gasteiger partial charge in [-0.3, -0.25) is 10.1 Å². The van der Waals surface area contributed by atoms with E-state index in [2.05, 4.69) is 10.6 Å². The van der Waals surface area contributed by atoms with Crippen molar-refractivity contribution >= 4 is 35.1 Å². The maximum Gasteiger partial charge on any atom is 0.412 e. The Hall–Kier alpha value is -2.74. The molecule has 0 spiro atoms. The average molecular weight is 421 g/mol. The summed E-state index contributed by atoms with van der Waals surface area (Å²) in [5.41, 5.74) is -0.407. The molecule has 0 fully saturated rings. The van der Waals surface area contributed by atoms with Crippen LogP contribution < -0.4 is 15.4 Å². The number of nitrogens with one attached hydrogen (secondary N) is 2. The predicted molar refractivity (Wildman–Crippen MR) is 113 cm³/mol. The summed E-state index contributed by atoms with van der Waals surface area (Å²) in [4.78, 5) is 25.0. The van der Waals surface area contributed by atoms with E-state index in [4.69, 9.17) is 9.47 Å². The summed E-state index contributed by atoms with van der Waals surface area (Å²) >= 11 is 1.37. The van der Waals surface area contributed by atoms with Gasteiger partial charge in [-0.15, -0.1) is 11.8 Å². The van der Waals surface area contributed by atoms with Crippen LogP contribution in [0.1, 0.15) is 27.7 Å². The van der Waals surface area contributed by atoms with E-state index in [1.165, 1.54) is 30.0 Å². The normalized spacial score (nSPS) is 10.9. The number of amides is 2. The van der Waals surface area contributed by atoms with E-state index >= 15 is 0 Å². The van der Waals surface area contributed by atoms with Gasteiger partial charge < -0.3 is 14.8 Å². The number of carbonyl (C=O) groups is 2. The molecular weight excluding hydrogens is 395 g/mol. The van der Waals surface area contributed by atoms with Crippen molar-refractivity contribution in [2.45, 2.75) is 38.2 Å². The van der Waals surface area contributed by atoms with Crippen molar-refractivity contribution in [2.24, 2.45) is 0 Å². The molecule has 29 heavy (non-hydrogen) atoms. The monoisotopic (exact) mass is 420 g/mol. The fourth-order valence-corrected chi connectivity index (χ4v) is 2.96. The van der Waals surface area contributed by atoms with E-state index in [9.17, 15) is 14.0 Å². The summed E-state index contributed by atoms with van der Waals surface area (Å²) in [6.45, 7) is 7.64. The van der Waals surface area contributed by atoms with Crippen molar-refractivity contribution in [3.63, 3.8) is 0 Å². The number of hydrogen-bond donors (Lipinski definition) is 2. The molecule has 0 heterocycles. The van der Waals surface area contributed by atoms with Crippen LogP contribution >= 0.6 is 11.8 Å². The van der Waals surface area contributed by atoms with Gasteiger partial charge >= 0.3 is 6.09 Å². The third-order valence-electron chi connectivity index (χ3n) is 3.39. The minimum absolute atomic E-state index is 0.0729. The van der Waals surface area contributed by atoms with Gasteiger partial charge in [-0.2, -0.15) is 0 Å². The van der Waals surface area contributed by atoms with Gasteiger partial charge in [0, 0.05) is 10.6 Å². The zero-order valence-corrected chi connectivity index (χ0v) is 17.7. The lowest BCUT2D eigenvalue weighted by Gasteiger charge is -2.20. The Morgan fingerprint density at radius 1 is 1.07 bits per heavy atom. The highest BCUT2D eigenvalue weighted by Gasteiger charge is 2.17. The molecule has 2 aromatic rings. The number of ether oxygens (including phenoxy) is 2. The van der Waals surface area contributed by atoms with Crippen molar-refractivity contribution in [3.8, 4) is 5.75 Å². The first-order chi connectivity index (χ1) is 13.7. The molecule has 0 atom stereocenters. The maximum atomic E-state index is 14.0. The molecule has 6 nitrogen and oxygen atoms in total. The topological polar surface area (TPSA) is 76.7 Å². The molecule has 0 saturated heterocycles. The molecule has 0 aliphatic rings. The molecular formula is C21H25FN2O4S. The van der Waals surface area contributed by atoms with Crippen LogP contribution in [0.5, 0.6) is 5.75 Å². The van der Waals surface area contributed by atoms with E-state index in [1.807, 2.05) is 31.2 Å². The van der Waals surface area contributed by atoms with Crippen molar-refractivity contribution < 1.29 is 23.5 Å². The Bertz CT molecular complexity index is 851. The second-order valence-corrected chi connectivity index (χ2v) is 8.11. The number of anilines is 2. The van der Waals surface area contributed by atoms with Crippen molar-refractivity contribution in [1.29, 1.82) is 0 Å². The molecule has 8 heteroatoms. The number of rotatable bonds is 7. The molecule has 2 amide bonds. The molecule has 0 aliphatic heterocycles. The Labute approximate surface area is 174 Å². The van der Waals surface area contributed by atoms with E-state index in [0.29, 0.717) is 12.3 Å². The van der Waals surface area contributed by atoms with Crippen molar-refractivity contribution in [2.75, 3.05) is 23.0 Å². The summed E-state index contributed by atoms with van der Waals surface area (Å²) < 4.78 is 24.5. The SMILES string of the molecule is CCOc1ccc(SCC(=O)Nc2ccc(F)c(NC(=O)OC(C)(C)C)c2)cc1. The minimum atomic E-state index is -0.772. The summed E-state index contributed by atoms with van der Waals surface area (Å²) in [6.07, 6.45) is -0.772. The van der Waals surface area contributed by atoms with E-state index in [-0.39, 0.29) is 17.3 Å². The highest BCUT2D eigenvalue weighted by atomic mass is 32.2. The third-order valence-corrected chi connectivity index (χ3v) is 4.40. The van der Waals surface area contributed by atoms with Crippen LogP contribution in [0.2, 0.25) is 0 Å². The van der Waals surface area contributed by atoms with Crippen LogP contribution in [-0.2, 0) is 9.53 Å². The first-order valence-electron chi connectivity index (χ1n) is 9.11. The van der Waals surface area contributed by atoms with Gasteiger partial charge in [0.05, 0.1) is 18.0 Å². The summed E-state index contributed by atoms with van der Waals surface area (Å²) in [6, 6.07) is 11.4. The number of thioether (sulfide) groups is 1. The Morgan fingerprint density at radius 3 is 2.38 bits per heavy atom. The van der Waals surface area contributed by atoms with Gasteiger partial charge in [0.2, 0.25) is 5.91 Å². The molecule has 0 saturated carbocycles. The second kappa shape index (κ2) is 10.2. The Morgan fingerprint density at radius 2 is 1.76 bits per heavy atom. The fraction of sp³-hybridized carbons (Fsp3) is 0.333. The zero-order chi connectivity index (χ0) is 21.4. The van der Waals surface area contributed by atoms with Gasteiger partial charge in [-0.25, -0.2) is 9.18 Å². The molecule has 0 radical (unpaired) electrons. The fourth-order valence-electron chi connectivity index (χ4n) is 2.26. The smallest absolute Gasteiger partial charge is 0.412 e. The van der Waals surface area contributed by atoms with E-state index < -0.39 is 17.5 Å². The van der Waals surface area contributed by atoms with Crippen LogP contribution in [0, 0.1) is 5.82 Å². The lowest BCUT2D eigenvalue weighted by molar-refractivity contribution is -0.113. The minimum Gasteiger partial charge on any atom is -0.494 e. The van der Waals surface area contributed by atoms with Crippen LogP contribution in [0.25, 0.3) is 0 Å². The molecule has 0 bridgehead atoms. The molecule has 156 valence electrons. The Balaban J connectivity index is 1.92. The molecule has 0 aliphatic carbocycles. The molecule has 0 unspecified atom stereocenters.